The van der Waals surface area contributed by atoms with Crippen LogP contribution < -0.4 is 5.32 Å². The van der Waals surface area contributed by atoms with Crippen molar-refractivity contribution in [2.75, 3.05) is 31.6 Å². The minimum absolute atomic E-state index is 0.239. The van der Waals surface area contributed by atoms with Gasteiger partial charge in [-0.15, -0.1) is 10.2 Å². The molecule has 2 atom stereocenters. The first kappa shape index (κ1) is 24.8. The van der Waals surface area contributed by atoms with E-state index in [4.69, 9.17) is 9.72 Å². The van der Waals surface area contributed by atoms with Gasteiger partial charge in [0.25, 0.3) is 5.91 Å². The van der Waals surface area contributed by atoms with Crippen LogP contribution in [-0.2, 0) is 17.2 Å². The quantitative estimate of drug-likeness (QED) is 0.448. The number of aromatic nitrogens is 4. The van der Waals surface area contributed by atoms with Crippen LogP contribution in [0.2, 0.25) is 0 Å². The van der Waals surface area contributed by atoms with E-state index in [1.807, 2.05) is 30.3 Å². The molecular formula is C30H35FN6O2. The number of aryl methyl sites for hydroxylation is 1. The minimum Gasteiger partial charge on any atom is -0.379 e. The molecule has 1 N–H and O–H groups in total. The maximum atomic E-state index is 15.8. The highest BCUT2D eigenvalue weighted by Crippen LogP contribution is 2.54. The average Bonchev–Trinajstić information content (AvgIpc) is 3.81. The second kappa shape index (κ2) is 9.20. The third-order valence-corrected chi connectivity index (χ3v) is 9.42. The summed E-state index contributed by atoms with van der Waals surface area (Å²) in [5, 5.41) is 10.9. The number of hydrogen-bond donors (Lipinski definition) is 1. The van der Waals surface area contributed by atoms with Gasteiger partial charge in [0.2, 0.25) is 0 Å². The zero-order chi connectivity index (χ0) is 26.8. The largest absolute Gasteiger partial charge is 0.379 e. The van der Waals surface area contributed by atoms with Gasteiger partial charge in [-0.05, 0) is 86.4 Å². The van der Waals surface area contributed by atoms with Crippen molar-refractivity contribution in [1.29, 1.82) is 0 Å². The van der Waals surface area contributed by atoms with E-state index in [9.17, 15) is 4.79 Å². The molecule has 2 saturated heterocycles. The number of nitrogens with zero attached hydrogens (tertiary/aromatic N) is 5. The zero-order valence-electron chi connectivity index (χ0n) is 22.6. The molecule has 1 aromatic carbocycles. The highest BCUT2D eigenvalue weighted by atomic mass is 19.1. The molecule has 4 aliphatic rings. The number of rotatable bonds is 8. The molecule has 2 saturated carbocycles. The normalized spacial score (nSPS) is 22.8. The summed E-state index contributed by atoms with van der Waals surface area (Å²) in [4.78, 5) is 20.9. The summed E-state index contributed by atoms with van der Waals surface area (Å²) in [6, 6.07) is 11.8. The Hall–Kier alpha value is -3.17. The molecule has 7 rings (SSSR count). The number of nitrogens with one attached hydrogen (secondary N) is 1. The maximum Gasteiger partial charge on any atom is 0.274 e. The number of alkyl halides is 1. The van der Waals surface area contributed by atoms with E-state index in [1.54, 1.807) is 11.6 Å². The van der Waals surface area contributed by atoms with E-state index in [-0.39, 0.29) is 31.0 Å². The Morgan fingerprint density at radius 3 is 2.64 bits per heavy atom. The van der Waals surface area contributed by atoms with Crippen LogP contribution in [0, 0.1) is 5.41 Å². The molecule has 8 nitrogen and oxygen atoms in total. The summed E-state index contributed by atoms with van der Waals surface area (Å²) in [5.74, 6) is 0.467. The molecule has 3 aromatic rings. The molecule has 1 spiro atoms. The summed E-state index contributed by atoms with van der Waals surface area (Å²) in [5.41, 5.74) is 3.68. The Morgan fingerprint density at radius 2 is 2.00 bits per heavy atom. The van der Waals surface area contributed by atoms with E-state index in [1.165, 1.54) is 25.6 Å². The highest BCUT2D eigenvalue weighted by molar-refractivity contribution is 6.03. The predicted molar refractivity (Wildman–Crippen MR) is 144 cm³/mol. The van der Waals surface area contributed by atoms with Crippen LogP contribution in [0.15, 0.2) is 42.7 Å². The van der Waals surface area contributed by atoms with Crippen molar-refractivity contribution < 1.29 is 13.9 Å². The second-order valence-electron chi connectivity index (χ2n) is 12.2. The monoisotopic (exact) mass is 530 g/mol. The summed E-state index contributed by atoms with van der Waals surface area (Å²) < 4.78 is 22.9. The Kier molecular flexibility index (Phi) is 5.86. The number of hydrogen-bond acceptors (Lipinski definition) is 6. The summed E-state index contributed by atoms with van der Waals surface area (Å²) >= 11 is 0. The Bertz CT molecular complexity index is 1410. The average molecular weight is 531 g/mol. The van der Waals surface area contributed by atoms with Gasteiger partial charge in [-0.1, -0.05) is 12.1 Å². The van der Waals surface area contributed by atoms with Crippen molar-refractivity contribution in [2.45, 2.75) is 62.6 Å². The van der Waals surface area contributed by atoms with E-state index in [0.717, 1.165) is 42.8 Å². The molecule has 0 radical (unpaired) electrons. The van der Waals surface area contributed by atoms with Gasteiger partial charge in [0.05, 0.1) is 18.6 Å². The van der Waals surface area contributed by atoms with Gasteiger partial charge < -0.3 is 14.6 Å². The molecular weight excluding hydrogens is 495 g/mol. The Labute approximate surface area is 228 Å². The van der Waals surface area contributed by atoms with Crippen LogP contribution >= 0.6 is 0 Å². The number of amides is 1. The summed E-state index contributed by atoms with van der Waals surface area (Å²) in [6.45, 7) is 5.00. The lowest BCUT2D eigenvalue weighted by Gasteiger charge is -2.43. The molecule has 2 aliphatic heterocycles. The number of ether oxygens (including phenoxy) is 1. The molecule has 0 unspecified atom stereocenters. The number of benzene rings is 1. The van der Waals surface area contributed by atoms with E-state index < -0.39 is 11.6 Å². The van der Waals surface area contributed by atoms with Gasteiger partial charge in [0.15, 0.2) is 12.0 Å². The van der Waals surface area contributed by atoms with Gasteiger partial charge in [-0.25, -0.2) is 9.37 Å². The van der Waals surface area contributed by atoms with Crippen LogP contribution in [0.25, 0.3) is 0 Å². The number of halogens is 1. The van der Waals surface area contributed by atoms with Crippen LogP contribution in [0.3, 0.4) is 0 Å². The molecule has 2 aromatic heterocycles. The molecule has 4 fully saturated rings. The molecule has 0 bridgehead atoms. The fourth-order valence-electron chi connectivity index (χ4n) is 6.27. The van der Waals surface area contributed by atoms with Crippen molar-refractivity contribution in [2.24, 2.45) is 12.5 Å². The van der Waals surface area contributed by atoms with Crippen LogP contribution in [-0.4, -0.2) is 56.9 Å². The fraction of sp³-hybridized carbons (Fsp3) is 0.533. The van der Waals surface area contributed by atoms with Gasteiger partial charge in [-0.3, -0.25) is 9.69 Å². The van der Waals surface area contributed by atoms with Gasteiger partial charge in [0.1, 0.15) is 12.0 Å². The first-order chi connectivity index (χ1) is 18.9. The third kappa shape index (κ3) is 4.45. The summed E-state index contributed by atoms with van der Waals surface area (Å²) in [6.07, 6.45) is 6.35. The topological polar surface area (TPSA) is 85.2 Å². The van der Waals surface area contributed by atoms with Crippen LogP contribution in [0.4, 0.5) is 10.1 Å². The number of likely N-dealkylation sites (tertiary alicyclic amines) is 1. The first-order valence-corrected chi connectivity index (χ1v) is 14.1. The minimum atomic E-state index is -1.38. The smallest absolute Gasteiger partial charge is 0.274 e. The van der Waals surface area contributed by atoms with Crippen molar-refractivity contribution in [1.82, 2.24) is 24.6 Å². The SMILES string of the molecule is C[C@H](c1cc(C(=O)Nc2cccc(C3([C@H](F)c4nncn4C)COC3)c2)nc(C2CC2)c1)N1CCC2(CC2)C1. The number of carbonyl (C=O) groups excluding carboxylic acids is 1. The Morgan fingerprint density at radius 1 is 1.18 bits per heavy atom. The van der Waals surface area contributed by atoms with E-state index in [2.05, 4.69) is 33.4 Å². The number of anilines is 1. The van der Waals surface area contributed by atoms with Crippen LogP contribution in [0.5, 0.6) is 0 Å². The lowest BCUT2D eigenvalue weighted by Crippen LogP contribution is -2.50. The Balaban J connectivity index is 1.13. The highest BCUT2D eigenvalue weighted by Gasteiger charge is 2.51. The first-order valence-electron chi connectivity index (χ1n) is 14.1. The standard InChI is InChI=1S/C30H35FN6O2/c1-19(37-11-10-29(15-37)8-9-29)21-12-24(20-6-7-20)34-25(13-21)28(38)33-23-5-3-4-22(14-23)30(16-39-17-30)26(31)27-35-32-18-36(27)2/h3-5,12-14,18-20,26H,6-11,15-17H2,1-2H3,(H,33,38)/t19-,26-/m1/s1. The van der Waals surface area contributed by atoms with E-state index in [0.29, 0.717) is 22.7 Å². The van der Waals surface area contributed by atoms with Gasteiger partial charge in [-0.2, -0.15) is 0 Å². The van der Waals surface area contributed by atoms with Crippen molar-refractivity contribution >= 4 is 11.6 Å². The van der Waals surface area contributed by atoms with Crippen molar-refractivity contribution in [3.63, 3.8) is 0 Å². The fourth-order valence-corrected chi connectivity index (χ4v) is 6.27. The maximum absolute atomic E-state index is 15.8. The predicted octanol–water partition coefficient (Wildman–Crippen LogP) is 4.87. The summed E-state index contributed by atoms with van der Waals surface area (Å²) in [7, 11) is 1.73. The molecule has 204 valence electrons. The van der Waals surface area contributed by atoms with Gasteiger partial charge >= 0.3 is 0 Å². The van der Waals surface area contributed by atoms with E-state index >= 15 is 4.39 Å². The van der Waals surface area contributed by atoms with Crippen molar-refractivity contribution in [3.8, 4) is 0 Å². The van der Waals surface area contributed by atoms with Crippen molar-refractivity contribution in [3.05, 3.63) is 71.1 Å². The lowest BCUT2D eigenvalue weighted by molar-refractivity contribution is -0.102. The molecule has 4 heterocycles. The lowest BCUT2D eigenvalue weighted by atomic mass is 9.74. The number of carbonyl (C=O) groups is 1. The second-order valence-corrected chi connectivity index (χ2v) is 12.2. The molecule has 39 heavy (non-hydrogen) atoms. The van der Waals surface area contributed by atoms with Crippen LogP contribution in [0.1, 0.15) is 90.3 Å². The number of pyridine rings is 1. The third-order valence-electron chi connectivity index (χ3n) is 9.42. The molecule has 2 aliphatic carbocycles. The zero-order valence-corrected chi connectivity index (χ0v) is 22.6. The molecule has 9 heteroatoms. The molecule has 1 amide bonds. The van der Waals surface area contributed by atoms with Gasteiger partial charge in [0, 0.05) is 36.9 Å².